The monoisotopic (exact) mass is 901 g/mol. The molecule has 4 aliphatic heterocycles. The van der Waals surface area contributed by atoms with E-state index in [9.17, 15) is 39.6 Å². The maximum atomic E-state index is 14.8. The van der Waals surface area contributed by atoms with E-state index >= 15 is 0 Å². The van der Waals surface area contributed by atoms with Gasteiger partial charge in [0.15, 0.2) is 34.6 Å². The van der Waals surface area contributed by atoms with Crippen LogP contribution in [0.5, 0.6) is 11.5 Å². The van der Waals surface area contributed by atoms with Crippen LogP contribution in [0.15, 0.2) is 94.2 Å². The summed E-state index contributed by atoms with van der Waals surface area (Å²) >= 11 is 0. The maximum absolute atomic E-state index is 14.8. The molecule has 1 aromatic heterocycles. The second-order valence-corrected chi connectivity index (χ2v) is 15.9. The molecule has 20 nitrogen and oxygen atoms in total. The number of carbonyl (C=O) groups is 4. The third-order valence-electron chi connectivity index (χ3n) is 11.7. The van der Waals surface area contributed by atoms with Crippen molar-refractivity contribution in [1.29, 1.82) is 0 Å². The first kappa shape index (κ1) is 44.0. The Bertz CT molecular complexity index is 2760. The standard InChI is InChI=1S/C46H43N7O13/c47-33-16-22(7-11-49-33)9-14-63-42-39(60)38(59)32-20-62-13-10-25(26-3-1-2-4-31(26)53-21-50-35-43(53)51-46(48)52-44(35)61)29-17-30-34(37(58)28-15-23(18-55)5-6-27(28)36(30)57)41(40(29)66-45(42)65-32)64-19-24(56)8-12-54/h1-7,10-13,15-17,24-25,32,38-39,42,45,55-56,59-60H,8-9,14,18-21H2,(H2,47,49)(H2,48,52,61). The molecule has 0 saturated carbocycles. The van der Waals surface area contributed by atoms with Gasteiger partial charge in [-0.25, -0.2) is 4.98 Å². The maximum Gasteiger partial charge on any atom is 0.302 e. The van der Waals surface area contributed by atoms with Crippen LogP contribution in [0.2, 0.25) is 0 Å². The number of nitrogens with zero attached hydrogens (tertiary/aromatic N) is 5. The molecule has 5 aliphatic rings. The summed E-state index contributed by atoms with van der Waals surface area (Å²) in [4.78, 5) is 72.1. The molecular weight excluding hydrogens is 859 g/mol. The molecule has 7 atom stereocenters. The van der Waals surface area contributed by atoms with E-state index in [2.05, 4.69) is 20.0 Å². The number of amidine groups is 1. The fourth-order valence-electron chi connectivity index (χ4n) is 8.48. The molecule has 2 bridgehead atoms. The Labute approximate surface area is 375 Å². The molecule has 9 rings (SSSR count). The Kier molecular flexibility index (Phi) is 12.2. The normalized spacial score (nSPS) is 23.7. The minimum absolute atomic E-state index is 0.00481. The number of carbonyl (C=O) groups excluding carboxylic acids is 4. The minimum Gasteiger partial charge on any atom is -0.499 e. The Hall–Kier alpha value is -7.20. The summed E-state index contributed by atoms with van der Waals surface area (Å²) in [6, 6.07) is 16.3. The number of nitrogens with two attached hydrogens (primary N) is 2. The number of aliphatic imine (C=N–C) groups is 3. The average molecular weight is 902 g/mol. The van der Waals surface area contributed by atoms with Crippen molar-refractivity contribution < 1.29 is 63.3 Å². The van der Waals surface area contributed by atoms with Crippen molar-refractivity contribution in [2.24, 2.45) is 20.7 Å². The second kappa shape index (κ2) is 18.4. The van der Waals surface area contributed by atoms with Crippen LogP contribution >= 0.6 is 0 Å². The summed E-state index contributed by atoms with van der Waals surface area (Å²) in [7, 11) is 0. The van der Waals surface area contributed by atoms with Crippen LogP contribution in [0.25, 0.3) is 0 Å². The van der Waals surface area contributed by atoms with Crippen molar-refractivity contribution in [2.45, 2.75) is 62.2 Å². The highest BCUT2D eigenvalue weighted by atomic mass is 16.7. The largest absolute Gasteiger partial charge is 0.499 e. The molecule has 8 N–H and O–H groups in total. The van der Waals surface area contributed by atoms with Crippen LogP contribution in [0.1, 0.15) is 66.4 Å². The third-order valence-corrected chi connectivity index (χ3v) is 11.7. The predicted octanol–water partition coefficient (Wildman–Crippen LogP) is 0.861. The number of hydrogen-bond donors (Lipinski definition) is 6. The first-order valence-corrected chi connectivity index (χ1v) is 20.9. The van der Waals surface area contributed by atoms with E-state index in [0.29, 0.717) is 29.5 Å². The van der Waals surface area contributed by atoms with E-state index in [1.54, 1.807) is 47.4 Å². The minimum atomic E-state index is -1.63. The second-order valence-electron chi connectivity index (χ2n) is 15.9. The van der Waals surface area contributed by atoms with E-state index in [1.165, 1.54) is 36.7 Å². The number of nitrogen functional groups attached to an aromatic ring is 1. The number of allylic oxidation sites excluding steroid dienone is 1. The summed E-state index contributed by atoms with van der Waals surface area (Å²) < 4.78 is 31.8. The molecule has 66 heavy (non-hydrogen) atoms. The zero-order chi connectivity index (χ0) is 46.2. The van der Waals surface area contributed by atoms with Gasteiger partial charge in [-0.3, -0.25) is 19.4 Å². The van der Waals surface area contributed by atoms with Crippen molar-refractivity contribution in [3.8, 4) is 11.5 Å². The zero-order valence-electron chi connectivity index (χ0n) is 34.9. The molecule has 0 spiro atoms. The van der Waals surface area contributed by atoms with Crippen molar-refractivity contribution in [3.63, 3.8) is 0 Å². The number of amides is 1. The van der Waals surface area contributed by atoms with Gasteiger partial charge in [0, 0.05) is 46.5 Å². The highest BCUT2D eigenvalue weighted by molar-refractivity contribution is 6.72. The van der Waals surface area contributed by atoms with Gasteiger partial charge >= 0.3 is 5.91 Å². The van der Waals surface area contributed by atoms with Crippen LogP contribution in [0.3, 0.4) is 0 Å². The van der Waals surface area contributed by atoms with E-state index in [0.717, 1.165) is 5.56 Å². The lowest BCUT2D eigenvalue weighted by Gasteiger charge is -2.42. The predicted molar refractivity (Wildman–Crippen MR) is 233 cm³/mol. The lowest BCUT2D eigenvalue weighted by Crippen LogP contribution is -2.61. The van der Waals surface area contributed by atoms with Crippen LogP contribution < -0.4 is 25.8 Å². The number of aldehydes is 1. The van der Waals surface area contributed by atoms with Crippen LogP contribution in [0.4, 0.5) is 11.5 Å². The summed E-state index contributed by atoms with van der Waals surface area (Å²) in [6.07, 6.45) is -3.80. The number of benzene rings is 3. The quantitative estimate of drug-likeness (QED) is 0.0947. The Morgan fingerprint density at radius 3 is 2.58 bits per heavy atom. The molecule has 1 saturated heterocycles. The van der Waals surface area contributed by atoms with Crippen molar-refractivity contribution in [3.05, 3.63) is 124 Å². The molecule has 1 aliphatic carbocycles. The van der Waals surface area contributed by atoms with Gasteiger partial charge in [-0.05, 0) is 65.6 Å². The molecule has 20 heteroatoms. The molecule has 4 aromatic rings. The average Bonchev–Trinajstić information content (AvgIpc) is 3.73. The highest BCUT2D eigenvalue weighted by Crippen LogP contribution is 2.49. The van der Waals surface area contributed by atoms with E-state index in [4.69, 9.17) is 35.2 Å². The van der Waals surface area contributed by atoms with Gasteiger partial charge in [0.2, 0.25) is 12.2 Å². The number of para-hydroxylation sites is 1. The van der Waals surface area contributed by atoms with E-state index in [1.807, 2.05) is 0 Å². The SMILES string of the molecule is NC1=NC(=O)C2=NCN(c3ccccc3C3C=COCC4OC(Oc5c3cc3c(c5OCC(O)CC=O)C(=O)c5cc(CO)ccc5C3=O)C(OCCc3ccnc(N)c3)C(O)C4O)C2=N1. The number of anilines is 2. The first-order valence-electron chi connectivity index (χ1n) is 20.9. The number of aromatic nitrogens is 1. The summed E-state index contributed by atoms with van der Waals surface area (Å²) in [5, 5.41) is 44.0. The molecule has 7 unspecified atom stereocenters. The Morgan fingerprint density at radius 2 is 1.77 bits per heavy atom. The van der Waals surface area contributed by atoms with Gasteiger partial charge in [-0.2, -0.15) is 9.98 Å². The van der Waals surface area contributed by atoms with Gasteiger partial charge in [0.1, 0.15) is 56.4 Å². The summed E-state index contributed by atoms with van der Waals surface area (Å²) in [5.41, 5.74) is 13.7. The Balaban J connectivity index is 1.25. The number of guanidine groups is 1. The third kappa shape index (κ3) is 8.21. The first-order chi connectivity index (χ1) is 31.9. The van der Waals surface area contributed by atoms with Gasteiger partial charge in [-0.15, -0.1) is 0 Å². The number of fused-ring (bicyclic) bond motifs is 6. The lowest BCUT2D eigenvalue weighted by molar-refractivity contribution is -0.287. The zero-order valence-corrected chi connectivity index (χ0v) is 34.9. The summed E-state index contributed by atoms with van der Waals surface area (Å²) in [6.45, 7) is -1.37. The number of aliphatic hydroxyl groups excluding tert-OH is 4. The topological polar surface area (TPSA) is 301 Å². The smallest absolute Gasteiger partial charge is 0.302 e. The number of hydrogen-bond acceptors (Lipinski definition) is 19. The Morgan fingerprint density at radius 1 is 0.939 bits per heavy atom. The summed E-state index contributed by atoms with van der Waals surface area (Å²) in [5.74, 6) is -3.30. The molecule has 340 valence electrons. The number of aliphatic hydroxyl groups is 4. The van der Waals surface area contributed by atoms with Gasteiger partial charge < -0.3 is 65.3 Å². The fraction of sp³-hybridized carbons (Fsp3) is 0.304. The molecule has 5 heterocycles. The molecule has 1 amide bonds. The lowest BCUT2D eigenvalue weighted by atomic mass is 9.79. The number of rotatable bonds is 12. The van der Waals surface area contributed by atoms with Crippen molar-refractivity contribution in [1.82, 2.24) is 4.98 Å². The van der Waals surface area contributed by atoms with Crippen molar-refractivity contribution >= 4 is 52.8 Å². The molecular formula is C46H43N7O13. The molecule has 0 radical (unpaired) electrons. The van der Waals surface area contributed by atoms with Gasteiger partial charge in [-0.1, -0.05) is 24.3 Å². The number of pyridine rings is 1. The number of ketones is 2. The number of ether oxygens (including phenoxy) is 5. The van der Waals surface area contributed by atoms with Gasteiger partial charge in [0.05, 0.1) is 31.1 Å². The molecule has 3 aromatic carbocycles. The van der Waals surface area contributed by atoms with Crippen LogP contribution in [-0.2, 0) is 36.8 Å². The van der Waals surface area contributed by atoms with Crippen LogP contribution in [0, 0.1) is 0 Å². The van der Waals surface area contributed by atoms with Crippen molar-refractivity contribution in [2.75, 3.05) is 37.1 Å². The molecule has 1 fully saturated rings. The highest BCUT2D eigenvalue weighted by Gasteiger charge is 2.49. The van der Waals surface area contributed by atoms with Crippen LogP contribution in [-0.4, -0.2) is 130 Å². The van der Waals surface area contributed by atoms with Gasteiger partial charge in [0.25, 0.3) is 0 Å². The van der Waals surface area contributed by atoms with E-state index < -0.39 is 73.4 Å². The fourth-order valence-corrected chi connectivity index (χ4v) is 8.48. The van der Waals surface area contributed by atoms with E-state index in [-0.39, 0.29) is 88.9 Å².